The lowest BCUT2D eigenvalue weighted by Gasteiger charge is -2.37. The molecule has 0 spiro atoms. The van der Waals surface area contributed by atoms with E-state index in [2.05, 4.69) is 10.4 Å². The minimum absolute atomic E-state index is 0.124. The van der Waals surface area contributed by atoms with Crippen LogP contribution in [0.25, 0.3) is 0 Å². The summed E-state index contributed by atoms with van der Waals surface area (Å²) >= 11 is 0. The van der Waals surface area contributed by atoms with Crippen LogP contribution in [0.2, 0.25) is 0 Å². The second kappa shape index (κ2) is 7.72. The first-order valence-corrected chi connectivity index (χ1v) is 10.2. The minimum Gasteiger partial charge on any atom is -0.363 e. The maximum absolute atomic E-state index is 13.8. The molecule has 3 heterocycles. The number of carbonyl (C=O) groups excluding carboxylic acids is 1. The monoisotopic (exact) mass is 406 g/mol. The van der Waals surface area contributed by atoms with E-state index in [0.29, 0.717) is 6.54 Å². The number of nitrogens with one attached hydrogen (secondary N) is 1. The summed E-state index contributed by atoms with van der Waals surface area (Å²) in [7, 11) is 0. The molecule has 1 N–H and O–H groups in total. The molecule has 0 saturated carbocycles. The molecule has 5 nitrogen and oxygen atoms in total. The lowest BCUT2D eigenvalue weighted by molar-refractivity contribution is -0.173. The summed E-state index contributed by atoms with van der Waals surface area (Å²) in [6.07, 6.45) is 0.412. The molecule has 8 heteroatoms. The van der Waals surface area contributed by atoms with Crippen LogP contribution in [0.15, 0.2) is 36.5 Å². The van der Waals surface area contributed by atoms with Crippen molar-refractivity contribution in [2.45, 2.75) is 63.3 Å². The number of rotatable bonds is 3. The van der Waals surface area contributed by atoms with Gasteiger partial charge in [0.1, 0.15) is 11.4 Å². The predicted molar refractivity (Wildman–Crippen MR) is 104 cm³/mol. The molecule has 1 saturated heterocycles. The van der Waals surface area contributed by atoms with Gasteiger partial charge in [0, 0.05) is 19.0 Å². The summed E-state index contributed by atoms with van der Waals surface area (Å²) in [5, 5.41) is 7.16. The standard InChI is InChI=1S/C21H25F3N4O/c1-2-15-10-6-7-11-27(15)20(29)16-13-25-28-18(21(22,23)24)12-17(26-19(16)28)14-8-4-3-5-9-14/h3-5,8-9,13,15,17-18,26H,2,6-7,10-12H2,1H3/t15-,17-,18+/m0/s1. The Morgan fingerprint density at radius 3 is 2.69 bits per heavy atom. The Morgan fingerprint density at radius 2 is 2.00 bits per heavy atom. The number of hydrogen-bond acceptors (Lipinski definition) is 3. The molecule has 2 aliphatic heterocycles. The van der Waals surface area contributed by atoms with Crippen LogP contribution in [0.5, 0.6) is 0 Å². The number of aromatic nitrogens is 2. The van der Waals surface area contributed by atoms with Crippen LogP contribution in [0.3, 0.4) is 0 Å². The molecule has 0 aliphatic carbocycles. The highest BCUT2D eigenvalue weighted by Gasteiger charge is 2.47. The van der Waals surface area contributed by atoms with Crippen molar-refractivity contribution in [3.63, 3.8) is 0 Å². The molecular weight excluding hydrogens is 381 g/mol. The Labute approximate surface area is 167 Å². The van der Waals surface area contributed by atoms with E-state index < -0.39 is 18.3 Å². The number of amides is 1. The number of piperidine rings is 1. The molecule has 29 heavy (non-hydrogen) atoms. The first-order chi connectivity index (χ1) is 13.9. The van der Waals surface area contributed by atoms with Crippen LogP contribution in [0.4, 0.5) is 19.0 Å². The van der Waals surface area contributed by atoms with Gasteiger partial charge in [-0.2, -0.15) is 18.3 Å². The molecule has 0 radical (unpaired) electrons. The molecule has 2 aromatic rings. The molecule has 4 rings (SSSR count). The number of carbonyl (C=O) groups is 1. The van der Waals surface area contributed by atoms with Crippen LogP contribution in [0.1, 0.15) is 67.0 Å². The highest BCUT2D eigenvalue weighted by molar-refractivity contribution is 5.99. The maximum atomic E-state index is 13.8. The molecule has 1 aromatic heterocycles. The van der Waals surface area contributed by atoms with Crippen molar-refractivity contribution in [3.05, 3.63) is 47.7 Å². The zero-order valence-electron chi connectivity index (χ0n) is 16.3. The predicted octanol–water partition coefficient (Wildman–Crippen LogP) is 4.95. The number of likely N-dealkylation sites (tertiary alicyclic amines) is 1. The molecule has 1 fully saturated rings. The Kier molecular flexibility index (Phi) is 5.27. The lowest BCUT2D eigenvalue weighted by Crippen LogP contribution is -2.44. The minimum atomic E-state index is -4.45. The number of alkyl halides is 3. The summed E-state index contributed by atoms with van der Waals surface area (Å²) in [4.78, 5) is 15.1. The SMILES string of the molecule is CC[C@H]1CCCCN1C(=O)c1cnn2c1N[C@H](c1ccccc1)C[C@@H]2C(F)(F)F. The Balaban J connectivity index is 1.71. The number of halogens is 3. The summed E-state index contributed by atoms with van der Waals surface area (Å²) in [5.74, 6) is -0.0715. The Morgan fingerprint density at radius 1 is 1.24 bits per heavy atom. The summed E-state index contributed by atoms with van der Waals surface area (Å²) in [5.41, 5.74) is 0.984. The number of fused-ring (bicyclic) bond motifs is 1. The van der Waals surface area contributed by atoms with Crippen molar-refractivity contribution in [1.29, 1.82) is 0 Å². The average molecular weight is 406 g/mol. The van der Waals surface area contributed by atoms with E-state index in [1.54, 1.807) is 29.2 Å². The zero-order valence-corrected chi connectivity index (χ0v) is 16.3. The van der Waals surface area contributed by atoms with Crippen LogP contribution < -0.4 is 5.32 Å². The second-order valence-electron chi connectivity index (χ2n) is 7.81. The van der Waals surface area contributed by atoms with Crippen LogP contribution in [0, 0.1) is 0 Å². The van der Waals surface area contributed by atoms with Gasteiger partial charge in [0.2, 0.25) is 0 Å². The molecule has 1 amide bonds. The van der Waals surface area contributed by atoms with Gasteiger partial charge in [-0.15, -0.1) is 0 Å². The second-order valence-corrected chi connectivity index (χ2v) is 7.81. The van der Waals surface area contributed by atoms with Crippen molar-refractivity contribution in [2.75, 3.05) is 11.9 Å². The molecule has 0 unspecified atom stereocenters. The van der Waals surface area contributed by atoms with Gasteiger partial charge in [-0.25, -0.2) is 4.68 Å². The van der Waals surface area contributed by atoms with Crippen molar-refractivity contribution in [2.24, 2.45) is 0 Å². The summed E-state index contributed by atoms with van der Waals surface area (Å²) < 4.78 is 42.4. The highest BCUT2D eigenvalue weighted by Crippen LogP contribution is 2.44. The zero-order chi connectivity index (χ0) is 20.6. The third-order valence-corrected chi connectivity index (χ3v) is 6.03. The van der Waals surface area contributed by atoms with Crippen molar-refractivity contribution in [1.82, 2.24) is 14.7 Å². The number of hydrogen-bond donors (Lipinski definition) is 1. The Hall–Kier alpha value is -2.51. The van der Waals surface area contributed by atoms with E-state index in [-0.39, 0.29) is 29.8 Å². The highest BCUT2D eigenvalue weighted by atomic mass is 19.4. The van der Waals surface area contributed by atoms with E-state index >= 15 is 0 Å². The first-order valence-electron chi connectivity index (χ1n) is 10.2. The normalized spacial score (nSPS) is 24.7. The van der Waals surface area contributed by atoms with Crippen LogP contribution in [-0.4, -0.2) is 39.4 Å². The smallest absolute Gasteiger partial charge is 0.363 e. The van der Waals surface area contributed by atoms with Gasteiger partial charge in [0.25, 0.3) is 5.91 Å². The van der Waals surface area contributed by atoms with Crippen LogP contribution >= 0.6 is 0 Å². The fraction of sp³-hybridized carbons (Fsp3) is 0.524. The van der Waals surface area contributed by atoms with E-state index in [0.717, 1.165) is 35.9 Å². The number of anilines is 1. The lowest BCUT2D eigenvalue weighted by atomic mass is 9.96. The van der Waals surface area contributed by atoms with Gasteiger partial charge in [-0.3, -0.25) is 4.79 Å². The van der Waals surface area contributed by atoms with Crippen molar-refractivity contribution in [3.8, 4) is 0 Å². The molecule has 0 bridgehead atoms. The fourth-order valence-electron chi connectivity index (χ4n) is 4.47. The molecular formula is C21H25F3N4O. The first kappa shape index (κ1) is 19.8. The number of benzene rings is 1. The number of nitrogens with zero attached hydrogens (tertiary/aromatic N) is 3. The fourth-order valence-corrected chi connectivity index (χ4v) is 4.47. The third-order valence-electron chi connectivity index (χ3n) is 6.03. The topological polar surface area (TPSA) is 50.2 Å². The van der Waals surface area contributed by atoms with E-state index in [9.17, 15) is 18.0 Å². The van der Waals surface area contributed by atoms with Gasteiger partial charge in [-0.1, -0.05) is 37.3 Å². The summed E-state index contributed by atoms with van der Waals surface area (Å²) in [6, 6.07) is 6.85. The largest absolute Gasteiger partial charge is 0.410 e. The Bertz CT molecular complexity index is 865. The van der Waals surface area contributed by atoms with Crippen molar-refractivity contribution >= 4 is 11.7 Å². The van der Waals surface area contributed by atoms with Gasteiger partial charge < -0.3 is 10.2 Å². The molecule has 2 aliphatic rings. The third kappa shape index (κ3) is 3.72. The van der Waals surface area contributed by atoms with Gasteiger partial charge in [0.05, 0.1) is 12.2 Å². The van der Waals surface area contributed by atoms with Crippen LogP contribution in [-0.2, 0) is 0 Å². The molecule has 3 atom stereocenters. The van der Waals surface area contributed by atoms with E-state index in [4.69, 9.17) is 0 Å². The van der Waals surface area contributed by atoms with E-state index in [1.807, 2.05) is 13.0 Å². The van der Waals surface area contributed by atoms with Crippen molar-refractivity contribution < 1.29 is 18.0 Å². The van der Waals surface area contributed by atoms with Gasteiger partial charge in [-0.05, 0) is 31.2 Å². The molecule has 156 valence electrons. The van der Waals surface area contributed by atoms with Gasteiger partial charge in [0.15, 0.2) is 6.04 Å². The maximum Gasteiger partial charge on any atom is 0.410 e. The summed E-state index contributed by atoms with van der Waals surface area (Å²) in [6.45, 7) is 2.67. The quantitative estimate of drug-likeness (QED) is 0.785. The van der Waals surface area contributed by atoms with E-state index in [1.165, 1.54) is 6.20 Å². The molecule has 1 aromatic carbocycles. The van der Waals surface area contributed by atoms with Gasteiger partial charge >= 0.3 is 6.18 Å². The average Bonchev–Trinajstić information content (AvgIpc) is 3.16.